The second kappa shape index (κ2) is 7.73. The van der Waals surface area contributed by atoms with Gasteiger partial charge in [-0.25, -0.2) is 0 Å². The van der Waals surface area contributed by atoms with Crippen molar-refractivity contribution in [1.29, 1.82) is 0 Å². The number of hydrogen-bond donors (Lipinski definition) is 0. The Bertz CT molecular complexity index is 521. The van der Waals surface area contributed by atoms with Gasteiger partial charge in [0.2, 0.25) is 5.75 Å². The first kappa shape index (κ1) is 17.9. The van der Waals surface area contributed by atoms with Crippen molar-refractivity contribution in [1.82, 2.24) is 0 Å². The third-order valence-electron chi connectivity index (χ3n) is 3.18. The summed E-state index contributed by atoms with van der Waals surface area (Å²) in [5, 5.41) is 0. The molecule has 0 aromatic heterocycles. The van der Waals surface area contributed by atoms with E-state index in [1.54, 1.807) is 48.2 Å². The van der Waals surface area contributed by atoms with Gasteiger partial charge in [-0.1, -0.05) is 12.2 Å². The number of hydrogen-bond acceptors (Lipinski definition) is 5. The van der Waals surface area contributed by atoms with E-state index in [-0.39, 0.29) is 5.97 Å². The highest BCUT2D eigenvalue weighted by atomic mass is 16.5. The molecule has 22 heavy (non-hydrogen) atoms. The highest BCUT2D eigenvalue weighted by molar-refractivity contribution is 5.79. The van der Waals surface area contributed by atoms with E-state index in [0.29, 0.717) is 23.9 Å². The first-order chi connectivity index (χ1) is 10.4. The second-order valence-corrected chi connectivity index (χ2v) is 5.23. The van der Waals surface area contributed by atoms with Crippen LogP contribution in [0, 0.1) is 5.41 Å². The number of benzene rings is 1. The van der Waals surface area contributed by atoms with Gasteiger partial charge < -0.3 is 18.9 Å². The van der Waals surface area contributed by atoms with Gasteiger partial charge in [-0.3, -0.25) is 4.79 Å². The summed E-state index contributed by atoms with van der Waals surface area (Å²) >= 11 is 0. The van der Waals surface area contributed by atoms with Crippen molar-refractivity contribution in [2.75, 3.05) is 27.9 Å². The van der Waals surface area contributed by atoms with Crippen LogP contribution in [0.1, 0.15) is 26.3 Å². The molecular weight excluding hydrogens is 284 g/mol. The van der Waals surface area contributed by atoms with Crippen LogP contribution in [0.2, 0.25) is 0 Å². The van der Waals surface area contributed by atoms with Gasteiger partial charge in [-0.2, -0.15) is 0 Å². The maximum Gasteiger partial charge on any atom is 0.315 e. The lowest BCUT2D eigenvalue weighted by Crippen LogP contribution is -2.24. The SMILES string of the molecule is CCOC(=O)C(C)(C)/C=C/c1cc(OC)c(OC)c(OC)c1. The molecule has 1 aromatic carbocycles. The molecule has 0 saturated heterocycles. The van der Waals surface area contributed by atoms with E-state index in [1.165, 1.54) is 0 Å². The molecule has 5 heteroatoms. The smallest absolute Gasteiger partial charge is 0.315 e. The summed E-state index contributed by atoms with van der Waals surface area (Å²) in [4.78, 5) is 11.9. The largest absolute Gasteiger partial charge is 0.493 e. The Kier molecular flexibility index (Phi) is 6.28. The van der Waals surface area contributed by atoms with Crippen LogP contribution in [0.5, 0.6) is 17.2 Å². The Balaban J connectivity index is 3.12. The fourth-order valence-electron chi connectivity index (χ4n) is 1.89. The zero-order valence-corrected chi connectivity index (χ0v) is 14.1. The van der Waals surface area contributed by atoms with Crippen LogP contribution < -0.4 is 14.2 Å². The molecule has 0 saturated carbocycles. The monoisotopic (exact) mass is 308 g/mol. The van der Waals surface area contributed by atoms with E-state index in [9.17, 15) is 4.79 Å². The maximum atomic E-state index is 11.9. The van der Waals surface area contributed by atoms with Crippen LogP contribution in [0.25, 0.3) is 6.08 Å². The van der Waals surface area contributed by atoms with Crippen LogP contribution >= 0.6 is 0 Å². The molecule has 0 amide bonds. The van der Waals surface area contributed by atoms with E-state index in [2.05, 4.69) is 0 Å². The third kappa shape index (κ3) is 4.16. The Morgan fingerprint density at radius 3 is 2.05 bits per heavy atom. The third-order valence-corrected chi connectivity index (χ3v) is 3.18. The quantitative estimate of drug-likeness (QED) is 0.723. The summed E-state index contributed by atoms with van der Waals surface area (Å²) in [7, 11) is 4.68. The van der Waals surface area contributed by atoms with Gasteiger partial charge in [-0.15, -0.1) is 0 Å². The van der Waals surface area contributed by atoms with Crippen LogP contribution in [-0.2, 0) is 9.53 Å². The molecular formula is C17H24O5. The average molecular weight is 308 g/mol. The Hall–Kier alpha value is -2.17. The van der Waals surface area contributed by atoms with Crippen LogP contribution in [0.15, 0.2) is 18.2 Å². The molecule has 1 aromatic rings. The summed E-state index contributed by atoms with van der Waals surface area (Å²) in [6.07, 6.45) is 3.63. The lowest BCUT2D eigenvalue weighted by Gasteiger charge is -2.18. The van der Waals surface area contributed by atoms with E-state index in [1.807, 2.05) is 18.2 Å². The molecule has 0 aliphatic rings. The van der Waals surface area contributed by atoms with Crippen molar-refractivity contribution in [3.05, 3.63) is 23.8 Å². The number of carbonyl (C=O) groups is 1. The van der Waals surface area contributed by atoms with Gasteiger partial charge in [0.15, 0.2) is 11.5 Å². The van der Waals surface area contributed by atoms with Crippen LogP contribution in [0.3, 0.4) is 0 Å². The average Bonchev–Trinajstić information content (AvgIpc) is 2.51. The lowest BCUT2D eigenvalue weighted by atomic mass is 9.92. The topological polar surface area (TPSA) is 54.0 Å². The molecule has 1 rings (SSSR count). The molecule has 5 nitrogen and oxygen atoms in total. The Morgan fingerprint density at radius 1 is 1.09 bits per heavy atom. The molecule has 0 aliphatic carbocycles. The predicted molar refractivity (Wildman–Crippen MR) is 85.5 cm³/mol. The molecule has 0 fully saturated rings. The molecule has 0 radical (unpaired) electrons. The normalized spacial score (nSPS) is 11.4. The minimum absolute atomic E-state index is 0.265. The maximum absolute atomic E-state index is 11.9. The van der Waals surface area contributed by atoms with Crippen LogP contribution in [0.4, 0.5) is 0 Å². The van der Waals surface area contributed by atoms with Gasteiger partial charge in [0.05, 0.1) is 33.4 Å². The number of esters is 1. The fourth-order valence-corrected chi connectivity index (χ4v) is 1.89. The van der Waals surface area contributed by atoms with Crippen molar-refractivity contribution in [2.45, 2.75) is 20.8 Å². The first-order valence-electron chi connectivity index (χ1n) is 7.06. The molecule has 0 heterocycles. The predicted octanol–water partition coefficient (Wildman–Crippen LogP) is 3.31. The minimum atomic E-state index is -0.712. The molecule has 0 bridgehead atoms. The summed E-state index contributed by atoms with van der Waals surface area (Å²) in [5.41, 5.74) is 0.128. The molecule has 122 valence electrons. The van der Waals surface area contributed by atoms with Crippen molar-refractivity contribution in [2.24, 2.45) is 5.41 Å². The van der Waals surface area contributed by atoms with Crippen molar-refractivity contribution in [3.8, 4) is 17.2 Å². The molecule has 0 atom stereocenters. The van der Waals surface area contributed by atoms with E-state index in [4.69, 9.17) is 18.9 Å². The summed E-state index contributed by atoms with van der Waals surface area (Å²) < 4.78 is 21.0. The van der Waals surface area contributed by atoms with Gasteiger partial charge in [0.1, 0.15) is 0 Å². The Labute approximate surface area is 131 Å². The number of methoxy groups -OCH3 is 3. The van der Waals surface area contributed by atoms with Gasteiger partial charge in [0, 0.05) is 0 Å². The number of ether oxygens (including phenoxy) is 4. The molecule has 0 aliphatic heterocycles. The minimum Gasteiger partial charge on any atom is -0.493 e. The first-order valence-corrected chi connectivity index (χ1v) is 7.06. The lowest BCUT2D eigenvalue weighted by molar-refractivity contribution is -0.150. The molecule has 0 spiro atoms. The molecule has 0 unspecified atom stereocenters. The molecule has 0 N–H and O–H groups in total. The van der Waals surface area contributed by atoms with Gasteiger partial charge in [0.25, 0.3) is 0 Å². The van der Waals surface area contributed by atoms with Crippen LogP contribution in [-0.4, -0.2) is 33.9 Å². The summed E-state index contributed by atoms with van der Waals surface area (Å²) in [6.45, 7) is 5.76. The van der Waals surface area contributed by atoms with Crippen molar-refractivity contribution < 1.29 is 23.7 Å². The van der Waals surface area contributed by atoms with E-state index >= 15 is 0 Å². The summed E-state index contributed by atoms with van der Waals surface area (Å²) in [6, 6.07) is 3.64. The summed E-state index contributed by atoms with van der Waals surface area (Å²) in [5.74, 6) is 1.40. The number of carbonyl (C=O) groups excluding carboxylic acids is 1. The fraction of sp³-hybridized carbons (Fsp3) is 0.471. The zero-order chi connectivity index (χ0) is 16.8. The highest BCUT2D eigenvalue weighted by Crippen LogP contribution is 2.38. The van der Waals surface area contributed by atoms with E-state index in [0.717, 1.165) is 5.56 Å². The standard InChI is InChI=1S/C17H24O5/c1-7-22-16(18)17(2,3)9-8-12-10-13(19-4)15(21-6)14(11-12)20-5/h8-11H,7H2,1-6H3/b9-8+. The number of rotatable bonds is 7. The van der Waals surface area contributed by atoms with E-state index < -0.39 is 5.41 Å². The van der Waals surface area contributed by atoms with Gasteiger partial charge in [-0.05, 0) is 38.5 Å². The van der Waals surface area contributed by atoms with Crippen molar-refractivity contribution in [3.63, 3.8) is 0 Å². The highest BCUT2D eigenvalue weighted by Gasteiger charge is 2.25. The zero-order valence-electron chi connectivity index (χ0n) is 14.1. The second-order valence-electron chi connectivity index (χ2n) is 5.23. The van der Waals surface area contributed by atoms with Crippen molar-refractivity contribution >= 4 is 12.0 Å². The Morgan fingerprint density at radius 2 is 1.64 bits per heavy atom. The van der Waals surface area contributed by atoms with Gasteiger partial charge >= 0.3 is 5.97 Å².